The summed E-state index contributed by atoms with van der Waals surface area (Å²) in [5, 5.41) is 10.8. The monoisotopic (exact) mass is 332 g/mol. The van der Waals surface area contributed by atoms with Gasteiger partial charge in [-0.05, 0) is 6.92 Å². The highest BCUT2D eigenvalue weighted by Gasteiger charge is 2.31. The van der Waals surface area contributed by atoms with Gasteiger partial charge in [0.05, 0.1) is 19.3 Å². The molecule has 1 amide bonds. The molecule has 1 aliphatic heterocycles. The Kier molecular flexibility index (Phi) is 5.83. The fourth-order valence-electron chi connectivity index (χ4n) is 1.77. The van der Waals surface area contributed by atoms with Crippen LogP contribution in [0.25, 0.3) is 0 Å². The topological polar surface area (TPSA) is 89.0 Å². The van der Waals surface area contributed by atoms with Crippen LogP contribution in [0.5, 0.6) is 0 Å². The summed E-state index contributed by atoms with van der Waals surface area (Å²) >= 11 is 2.81. The Morgan fingerprint density at radius 3 is 3.24 bits per heavy atom. The minimum atomic E-state index is -0.427. The van der Waals surface area contributed by atoms with Gasteiger partial charge in [-0.2, -0.15) is 0 Å². The van der Waals surface area contributed by atoms with E-state index in [0.29, 0.717) is 24.6 Å². The zero-order valence-electron chi connectivity index (χ0n) is 11.5. The number of aliphatic hydroxyl groups is 1. The van der Waals surface area contributed by atoms with Gasteiger partial charge in [0, 0.05) is 17.7 Å². The molecule has 0 aromatic carbocycles. The Morgan fingerprint density at radius 2 is 2.52 bits per heavy atom. The van der Waals surface area contributed by atoms with Gasteiger partial charge >= 0.3 is 12.1 Å². The first-order valence-corrected chi connectivity index (χ1v) is 8.32. The molecule has 1 unspecified atom stereocenters. The zero-order chi connectivity index (χ0) is 15.2. The molecule has 0 aliphatic carbocycles. The van der Waals surface area contributed by atoms with Crippen LogP contribution in [0, 0.1) is 0 Å². The number of thioether (sulfide) groups is 1. The molecule has 116 valence electrons. The maximum atomic E-state index is 11.5. The lowest BCUT2D eigenvalue weighted by Crippen LogP contribution is -2.37. The van der Waals surface area contributed by atoms with Crippen molar-refractivity contribution in [1.29, 1.82) is 0 Å². The maximum absolute atomic E-state index is 11.5. The fourth-order valence-corrected chi connectivity index (χ4v) is 3.57. The van der Waals surface area contributed by atoms with Crippen LogP contribution in [0.1, 0.15) is 17.4 Å². The molecule has 1 atom stereocenters. The molecule has 1 N–H and O–H groups in total. The van der Waals surface area contributed by atoms with Gasteiger partial charge in [0.25, 0.3) is 0 Å². The summed E-state index contributed by atoms with van der Waals surface area (Å²) in [7, 11) is 0. The third-order valence-corrected chi connectivity index (χ3v) is 4.81. The van der Waals surface area contributed by atoms with E-state index in [0.717, 1.165) is 4.34 Å². The first-order valence-electron chi connectivity index (χ1n) is 6.45. The minimum absolute atomic E-state index is 0.110. The van der Waals surface area contributed by atoms with Crippen LogP contribution >= 0.6 is 23.1 Å². The lowest BCUT2D eigenvalue weighted by atomic mass is 10.3. The first kappa shape index (κ1) is 16.1. The van der Waals surface area contributed by atoms with Gasteiger partial charge < -0.3 is 14.6 Å². The minimum Gasteiger partial charge on any atom is -0.461 e. The summed E-state index contributed by atoms with van der Waals surface area (Å²) in [5.74, 6) is 0.186. The molecule has 1 aromatic rings. The highest BCUT2D eigenvalue weighted by Crippen LogP contribution is 2.24. The van der Waals surface area contributed by atoms with E-state index in [2.05, 4.69) is 4.98 Å². The van der Waals surface area contributed by atoms with Crippen LogP contribution < -0.4 is 0 Å². The molecule has 1 aliphatic rings. The van der Waals surface area contributed by atoms with Crippen molar-refractivity contribution in [3.05, 3.63) is 11.1 Å². The van der Waals surface area contributed by atoms with Gasteiger partial charge in [0.1, 0.15) is 6.61 Å². The largest absolute Gasteiger partial charge is 0.461 e. The molecule has 0 radical (unpaired) electrons. The Hall–Kier alpha value is -1.32. The first-order chi connectivity index (χ1) is 10.2. The Labute approximate surface area is 130 Å². The molecule has 7 nitrogen and oxygen atoms in total. The van der Waals surface area contributed by atoms with Crippen molar-refractivity contribution in [2.75, 3.05) is 32.1 Å². The Bertz CT molecular complexity index is 508. The standard InChI is InChI=1S/C12H16N2O5S2/c1-2-18-10(16)9-7-21-11(13-9)20-4-3-14-8(5-15)6-19-12(14)17/h7-8,15H,2-6H2,1H3. The van der Waals surface area contributed by atoms with Crippen molar-refractivity contribution < 1.29 is 24.2 Å². The molecule has 2 heterocycles. The number of amides is 1. The highest BCUT2D eigenvalue weighted by molar-refractivity contribution is 8.01. The summed E-state index contributed by atoms with van der Waals surface area (Å²) < 4.78 is 10.5. The maximum Gasteiger partial charge on any atom is 0.410 e. The van der Waals surface area contributed by atoms with Gasteiger partial charge in [-0.15, -0.1) is 11.3 Å². The third kappa shape index (κ3) is 4.08. The van der Waals surface area contributed by atoms with Gasteiger partial charge in [-0.1, -0.05) is 11.8 Å². The average Bonchev–Trinajstić information content (AvgIpc) is 3.07. The molecule has 21 heavy (non-hydrogen) atoms. The van der Waals surface area contributed by atoms with E-state index in [1.54, 1.807) is 12.3 Å². The number of aliphatic hydroxyl groups excluding tert-OH is 1. The average molecular weight is 332 g/mol. The van der Waals surface area contributed by atoms with E-state index in [-0.39, 0.29) is 19.3 Å². The molecule has 2 rings (SSSR count). The van der Waals surface area contributed by atoms with E-state index >= 15 is 0 Å². The molecule has 1 aromatic heterocycles. The number of ether oxygens (including phenoxy) is 2. The van der Waals surface area contributed by atoms with Crippen LogP contribution in [-0.2, 0) is 9.47 Å². The summed E-state index contributed by atoms with van der Waals surface area (Å²) in [6, 6.07) is -0.274. The Balaban J connectivity index is 1.81. The van der Waals surface area contributed by atoms with Crippen molar-refractivity contribution in [3.63, 3.8) is 0 Å². The molecule has 1 fully saturated rings. The van der Waals surface area contributed by atoms with Crippen LogP contribution in [0.3, 0.4) is 0 Å². The van der Waals surface area contributed by atoms with Crippen molar-refractivity contribution in [3.8, 4) is 0 Å². The molecular formula is C12H16N2O5S2. The third-order valence-electron chi connectivity index (χ3n) is 2.81. The number of thiazole rings is 1. The lowest BCUT2D eigenvalue weighted by molar-refractivity contribution is 0.0520. The number of hydrogen-bond acceptors (Lipinski definition) is 8. The molecular weight excluding hydrogens is 316 g/mol. The number of aromatic nitrogens is 1. The second-order valence-corrected chi connectivity index (χ2v) is 6.37. The predicted octanol–water partition coefficient (Wildman–Crippen LogP) is 1.22. The number of esters is 1. The van der Waals surface area contributed by atoms with Crippen LogP contribution in [-0.4, -0.2) is 65.2 Å². The summed E-state index contributed by atoms with van der Waals surface area (Å²) in [6.45, 7) is 2.64. The van der Waals surface area contributed by atoms with E-state index in [9.17, 15) is 9.59 Å². The van der Waals surface area contributed by atoms with Crippen LogP contribution in [0.2, 0.25) is 0 Å². The zero-order valence-corrected chi connectivity index (χ0v) is 13.1. The SMILES string of the molecule is CCOC(=O)c1csc(SCCN2C(=O)OCC2CO)n1. The lowest BCUT2D eigenvalue weighted by Gasteiger charge is -2.18. The molecule has 9 heteroatoms. The predicted molar refractivity (Wildman–Crippen MR) is 77.7 cm³/mol. The van der Waals surface area contributed by atoms with E-state index < -0.39 is 12.1 Å². The summed E-state index contributed by atoms with van der Waals surface area (Å²) in [4.78, 5) is 28.6. The van der Waals surface area contributed by atoms with E-state index in [1.807, 2.05) is 0 Å². The van der Waals surface area contributed by atoms with Crippen molar-refractivity contribution in [2.24, 2.45) is 0 Å². The van der Waals surface area contributed by atoms with Crippen molar-refractivity contribution in [2.45, 2.75) is 17.3 Å². The van der Waals surface area contributed by atoms with E-state index in [1.165, 1.54) is 28.0 Å². The molecule has 0 bridgehead atoms. The number of carbonyl (C=O) groups excluding carboxylic acids is 2. The van der Waals surface area contributed by atoms with Crippen molar-refractivity contribution >= 4 is 35.2 Å². The number of rotatable bonds is 7. The van der Waals surface area contributed by atoms with Crippen LogP contribution in [0.4, 0.5) is 4.79 Å². The fraction of sp³-hybridized carbons (Fsp3) is 0.583. The Morgan fingerprint density at radius 1 is 1.71 bits per heavy atom. The van der Waals surface area contributed by atoms with Gasteiger partial charge in [-0.25, -0.2) is 14.6 Å². The van der Waals surface area contributed by atoms with E-state index in [4.69, 9.17) is 14.6 Å². The van der Waals surface area contributed by atoms with Gasteiger partial charge in [0.2, 0.25) is 0 Å². The van der Waals surface area contributed by atoms with Crippen LogP contribution in [0.15, 0.2) is 9.72 Å². The second kappa shape index (κ2) is 7.62. The van der Waals surface area contributed by atoms with Gasteiger partial charge in [0.15, 0.2) is 10.0 Å². The number of hydrogen-bond donors (Lipinski definition) is 1. The van der Waals surface area contributed by atoms with Gasteiger partial charge in [-0.3, -0.25) is 4.90 Å². The molecule has 0 spiro atoms. The number of carbonyl (C=O) groups is 2. The number of cyclic esters (lactones) is 1. The normalized spacial score (nSPS) is 17.9. The summed E-state index contributed by atoms with van der Waals surface area (Å²) in [5.41, 5.74) is 0.304. The smallest absolute Gasteiger partial charge is 0.410 e. The number of nitrogens with zero attached hydrogens (tertiary/aromatic N) is 2. The highest BCUT2D eigenvalue weighted by atomic mass is 32.2. The molecule has 0 saturated carbocycles. The quantitative estimate of drug-likeness (QED) is 0.593. The summed E-state index contributed by atoms with van der Waals surface area (Å²) in [6.07, 6.45) is -0.402. The second-order valence-electron chi connectivity index (χ2n) is 4.17. The molecule has 1 saturated heterocycles. The van der Waals surface area contributed by atoms with Crippen molar-refractivity contribution in [1.82, 2.24) is 9.88 Å².